The fourth-order valence-corrected chi connectivity index (χ4v) is 2.59. The zero-order valence-corrected chi connectivity index (χ0v) is 9.62. The minimum atomic E-state index is 0.414. The van der Waals surface area contributed by atoms with Crippen LogP contribution in [0.4, 0.5) is 0 Å². The van der Waals surface area contributed by atoms with E-state index in [2.05, 4.69) is 15.3 Å². The van der Waals surface area contributed by atoms with Gasteiger partial charge in [-0.1, -0.05) is 0 Å². The van der Waals surface area contributed by atoms with E-state index < -0.39 is 0 Å². The summed E-state index contributed by atoms with van der Waals surface area (Å²) in [7, 11) is 0. The minimum Gasteiger partial charge on any atom is -0.376 e. The van der Waals surface area contributed by atoms with Gasteiger partial charge in [-0.2, -0.15) is 0 Å². The van der Waals surface area contributed by atoms with E-state index in [9.17, 15) is 0 Å². The molecule has 0 bridgehead atoms. The molecule has 0 radical (unpaired) electrons. The number of rotatable bonds is 1. The van der Waals surface area contributed by atoms with Crippen molar-refractivity contribution in [2.45, 2.75) is 38.8 Å². The van der Waals surface area contributed by atoms with Crippen molar-refractivity contribution in [1.29, 1.82) is 0 Å². The summed E-state index contributed by atoms with van der Waals surface area (Å²) in [5.74, 6) is 0.893. The Labute approximate surface area is 95.4 Å². The lowest BCUT2D eigenvalue weighted by Crippen LogP contribution is -2.22. The molecule has 1 atom stereocenters. The second kappa shape index (κ2) is 4.11. The topological polar surface area (TPSA) is 47.0 Å². The predicted octanol–water partition coefficient (Wildman–Crippen LogP) is 1.28. The Balaban J connectivity index is 2.04. The van der Waals surface area contributed by atoms with Crippen LogP contribution in [0.1, 0.15) is 41.7 Å². The smallest absolute Gasteiger partial charge is 0.125 e. The molecular formula is C12H17N3O. The summed E-state index contributed by atoms with van der Waals surface area (Å²) in [6, 6.07) is 0.414. The molecule has 4 nitrogen and oxygen atoms in total. The zero-order chi connectivity index (χ0) is 11.0. The summed E-state index contributed by atoms with van der Waals surface area (Å²) in [4.78, 5) is 9.14. The van der Waals surface area contributed by atoms with Crippen LogP contribution >= 0.6 is 0 Å². The molecule has 0 aromatic carbocycles. The maximum Gasteiger partial charge on any atom is 0.125 e. The quantitative estimate of drug-likeness (QED) is 0.773. The van der Waals surface area contributed by atoms with Crippen LogP contribution in [0, 0.1) is 6.92 Å². The molecule has 3 heterocycles. The number of aryl methyl sites for hydroxylation is 1. The average molecular weight is 219 g/mol. The number of hydrogen-bond donors (Lipinski definition) is 1. The molecule has 1 N–H and O–H groups in total. The Morgan fingerprint density at radius 1 is 1.38 bits per heavy atom. The van der Waals surface area contributed by atoms with Crippen molar-refractivity contribution in [3.63, 3.8) is 0 Å². The summed E-state index contributed by atoms with van der Waals surface area (Å²) >= 11 is 0. The second-order valence-corrected chi connectivity index (χ2v) is 4.53. The maximum absolute atomic E-state index is 5.53. The Hall–Kier alpha value is -1.00. The monoisotopic (exact) mass is 219 g/mol. The van der Waals surface area contributed by atoms with Gasteiger partial charge in [0.2, 0.25) is 0 Å². The van der Waals surface area contributed by atoms with E-state index in [1.807, 2.05) is 6.92 Å². The molecule has 2 aliphatic rings. The number of nitrogens with one attached hydrogen (secondary N) is 1. The maximum atomic E-state index is 5.53. The molecule has 0 unspecified atom stereocenters. The van der Waals surface area contributed by atoms with Gasteiger partial charge in [-0.15, -0.1) is 0 Å². The lowest BCUT2D eigenvalue weighted by atomic mass is 10.0. The molecule has 2 aliphatic heterocycles. The first-order valence-corrected chi connectivity index (χ1v) is 6.02. The summed E-state index contributed by atoms with van der Waals surface area (Å²) in [6.07, 6.45) is 3.35. The van der Waals surface area contributed by atoms with E-state index in [4.69, 9.17) is 4.74 Å². The van der Waals surface area contributed by atoms with Crippen LogP contribution in [0.25, 0.3) is 0 Å². The van der Waals surface area contributed by atoms with E-state index in [0.29, 0.717) is 12.6 Å². The standard InChI is InChI=1S/C12H17N3O/c1-8-14-10-4-6-16-7-9(10)12(15-8)11-3-2-5-13-11/h11,13H,2-7H2,1H3/t11-/m0/s1. The fourth-order valence-electron chi connectivity index (χ4n) is 2.59. The number of nitrogens with zero attached hydrogens (tertiary/aromatic N) is 2. The molecule has 0 amide bonds. The Morgan fingerprint density at radius 3 is 3.12 bits per heavy atom. The number of ether oxygens (including phenoxy) is 1. The third-order valence-corrected chi connectivity index (χ3v) is 3.36. The largest absolute Gasteiger partial charge is 0.376 e. The van der Waals surface area contributed by atoms with Crippen LogP contribution in [-0.2, 0) is 17.8 Å². The highest BCUT2D eigenvalue weighted by atomic mass is 16.5. The first-order chi connectivity index (χ1) is 7.84. The predicted molar refractivity (Wildman–Crippen MR) is 60.1 cm³/mol. The first-order valence-electron chi connectivity index (χ1n) is 6.02. The van der Waals surface area contributed by atoms with Gasteiger partial charge in [-0.25, -0.2) is 9.97 Å². The average Bonchev–Trinajstić information content (AvgIpc) is 2.81. The van der Waals surface area contributed by atoms with Crippen LogP contribution < -0.4 is 5.32 Å². The molecule has 0 spiro atoms. The molecule has 1 fully saturated rings. The number of hydrogen-bond acceptors (Lipinski definition) is 4. The molecule has 1 aromatic rings. The van der Waals surface area contributed by atoms with Crippen molar-refractivity contribution >= 4 is 0 Å². The highest BCUT2D eigenvalue weighted by Crippen LogP contribution is 2.28. The SMILES string of the molecule is Cc1nc2c(c([C@@H]3CCCN3)n1)COCC2. The van der Waals surface area contributed by atoms with Crippen LogP contribution in [0.2, 0.25) is 0 Å². The molecule has 86 valence electrons. The molecule has 4 heteroatoms. The third-order valence-electron chi connectivity index (χ3n) is 3.36. The van der Waals surface area contributed by atoms with Gasteiger partial charge >= 0.3 is 0 Å². The molecular weight excluding hydrogens is 202 g/mol. The Kier molecular flexibility index (Phi) is 2.61. The molecule has 1 aromatic heterocycles. The molecule has 3 rings (SSSR count). The molecule has 16 heavy (non-hydrogen) atoms. The highest BCUT2D eigenvalue weighted by Gasteiger charge is 2.25. The van der Waals surface area contributed by atoms with Crippen LogP contribution in [0.3, 0.4) is 0 Å². The lowest BCUT2D eigenvalue weighted by Gasteiger charge is -2.21. The van der Waals surface area contributed by atoms with Gasteiger partial charge in [0.1, 0.15) is 5.82 Å². The van der Waals surface area contributed by atoms with Crippen LogP contribution in [0.15, 0.2) is 0 Å². The van der Waals surface area contributed by atoms with E-state index in [1.165, 1.54) is 29.8 Å². The molecule has 0 saturated carbocycles. The van der Waals surface area contributed by atoms with Gasteiger partial charge in [-0.3, -0.25) is 0 Å². The van der Waals surface area contributed by atoms with Gasteiger partial charge in [-0.05, 0) is 26.3 Å². The summed E-state index contributed by atoms with van der Waals surface area (Å²) < 4.78 is 5.53. The van der Waals surface area contributed by atoms with E-state index >= 15 is 0 Å². The number of fused-ring (bicyclic) bond motifs is 1. The van der Waals surface area contributed by atoms with Gasteiger partial charge < -0.3 is 10.1 Å². The van der Waals surface area contributed by atoms with Crippen LogP contribution in [0.5, 0.6) is 0 Å². The van der Waals surface area contributed by atoms with Crippen molar-refractivity contribution in [1.82, 2.24) is 15.3 Å². The van der Waals surface area contributed by atoms with Crippen molar-refractivity contribution in [2.24, 2.45) is 0 Å². The Bertz CT molecular complexity index is 399. The van der Waals surface area contributed by atoms with Gasteiger partial charge in [0.05, 0.1) is 30.6 Å². The van der Waals surface area contributed by atoms with Crippen LogP contribution in [-0.4, -0.2) is 23.1 Å². The van der Waals surface area contributed by atoms with Gasteiger partial charge in [0, 0.05) is 12.0 Å². The van der Waals surface area contributed by atoms with E-state index in [1.54, 1.807) is 0 Å². The lowest BCUT2D eigenvalue weighted by molar-refractivity contribution is 0.107. The first kappa shape index (κ1) is 10.2. The van der Waals surface area contributed by atoms with Gasteiger partial charge in [0.25, 0.3) is 0 Å². The van der Waals surface area contributed by atoms with Crippen molar-refractivity contribution in [3.05, 3.63) is 22.8 Å². The summed E-state index contributed by atoms with van der Waals surface area (Å²) in [5, 5.41) is 3.50. The van der Waals surface area contributed by atoms with Gasteiger partial charge in [0.15, 0.2) is 0 Å². The molecule has 1 saturated heterocycles. The molecule has 0 aliphatic carbocycles. The normalized spacial score (nSPS) is 24.4. The highest BCUT2D eigenvalue weighted by molar-refractivity contribution is 5.29. The van der Waals surface area contributed by atoms with Crippen molar-refractivity contribution < 1.29 is 4.74 Å². The zero-order valence-electron chi connectivity index (χ0n) is 9.62. The summed E-state index contributed by atoms with van der Waals surface area (Å²) in [5.41, 5.74) is 3.61. The van der Waals surface area contributed by atoms with E-state index in [0.717, 1.165) is 25.4 Å². The Morgan fingerprint density at radius 2 is 2.31 bits per heavy atom. The van der Waals surface area contributed by atoms with Crippen molar-refractivity contribution in [3.8, 4) is 0 Å². The minimum absolute atomic E-state index is 0.414. The third kappa shape index (κ3) is 1.72. The van der Waals surface area contributed by atoms with Crippen molar-refractivity contribution in [2.75, 3.05) is 13.2 Å². The number of aromatic nitrogens is 2. The summed E-state index contributed by atoms with van der Waals surface area (Å²) in [6.45, 7) is 4.56. The second-order valence-electron chi connectivity index (χ2n) is 4.53. The fraction of sp³-hybridized carbons (Fsp3) is 0.667. The van der Waals surface area contributed by atoms with E-state index in [-0.39, 0.29) is 0 Å².